The summed E-state index contributed by atoms with van der Waals surface area (Å²) in [7, 11) is 0. The predicted octanol–water partition coefficient (Wildman–Crippen LogP) is 3.03. The molecule has 1 unspecified atom stereocenters. The van der Waals surface area contributed by atoms with Gasteiger partial charge in [-0.1, -0.05) is 12.5 Å². The Morgan fingerprint density at radius 1 is 1.20 bits per heavy atom. The first-order valence-corrected chi connectivity index (χ1v) is 6.82. The molecule has 1 atom stereocenters. The molecule has 1 aromatic rings. The number of carbonyl (C=O) groups excluding carboxylic acids is 2. The van der Waals surface area contributed by atoms with Crippen LogP contribution in [0.4, 0.5) is 0 Å². The molecule has 0 heterocycles. The van der Waals surface area contributed by atoms with Crippen LogP contribution >= 0.6 is 0 Å². The number of carbonyl (C=O) groups is 2. The first-order chi connectivity index (χ1) is 9.61. The van der Waals surface area contributed by atoms with E-state index in [2.05, 4.69) is 4.89 Å². The van der Waals surface area contributed by atoms with E-state index in [-0.39, 0.29) is 23.0 Å². The van der Waals surface area contributed by atoms with Gasteiger partial charge in [0.15, 0.2) is 0 Å². The largest absolute Gasteiger partial charge is 0.507 e. The number of rotatable bonds is 2. The van der Waals surface area contributed by atoms with Gasteiger partial charge in [-0.2, -0.15) is 5.26 Å². The molecule has 0 saturated heterocycles. The van der Waals surface area contributed by atoms with Crippen LogP contribution in [0.2, 0.25) is 0 Å². The van der Waals surface area contributed by atoms with E-state index >= 15 is 0 Å². The van der Waals surface area contributed by atoms with Gasteiger partial charge in [-0.05, 0) is 42.9 Å². The normalized spacial score (nSPS) is 20.1. The average Bonchev–Trinajstić information content (AvgIpc) is 2.43. The topological polar surface area (TPSA) is 83.8 Å². The Hall–Kier alpha value is -1.88. The third-order valence-electron chi connectivity index (χ3n) is 3.82. The summed E-state index contributed by atoms with van der Waals surface area (Å²) in [5.41, 5.74) is 0.830. The quantitative estimate of drug-likeness (QED) is 0.641. The third kappa shape index (κ3) is 3.36. The number of benzene rings is 1. The first kappa shape index (κ1) is 14.5. The minimum atomic E-state index is -0.980. The molecule has 1 aliphatic rings. The summed E-state index contributed by atoms with van der Waals surface area (Å²) in [6.45, 7) is 0. The number of phenolic OH excluding ortho intramolecular Hbond substituents is 1. The molecule has 0 radical (unpaired) electrons. The lowest BCUT2D eigenvalue weighted by atomic mass is 9.85. The van der Waals surface area contributed by atoms with Gasteiger partial charge in [0.2, 0.25) is 0 Å². The summed E-state index contributed by atoms with van der Waals surface area (Å²) in [4.78, 5) is 26.6. The van der Waals surface area contributed by atoms with E-state index in [0.717, 1.165) is 31.2 Å². The lowest BCUT2D eigenvalue weighted by Crippen LogP contribution is -2.09. The maximum absolute atomic E-state index is 11.5. The van der Waals surface area contributed by atoms with Crippen LogP contribution < -0.4 is 0 Å². The van der Waals surface area contributed by atoms with Gasteiger partial charge in [-0.25, -0.2) is 4.79 Å². The van der Waals surface area contributed by atoms with Crippen LogP contribution in [0.1, 0.15) is 60.4 Å². The van der Waals surface area contributed by atoms with Gasteiger partial charge in [0.05, 0.1) is 0 Å². The van der Waals surface area contributed by atoms with E-state index in [1.165, 1.54) is 12.1 Å². The van der Waals surface area contributed by atoms with Crippen LogP contribution in [0.15, 0.2) is 18.2 Å². The molecule has 2 N–H and O–H groups in total. The molecule has 1 fully saturated rings. The summed E-state index contributed by atoms with van der Waals surface area (Å²) in [5, 5.41) is 18.0. The standard InChI is InChI=1S/C15H18O5/c16-12-4-2-1-3-10(5-7-12)11-6-8-14(17)13(9-11)15(18)20-19/h6,8-10,17,19H,1-5,7H2. The van der Waals surface area contributed by atoms with Crippen molar-refractivity contribution in [3.8, 4) is 5.75 Å². The highest BCUT2D eigenvalue weighted by Crippen LogP contribution is 2.32. The lowest BCUT2D eigenvalue weighted by molar-refractivity contribution is -0.182. The van der Waals surface area contributed by atoms with E-state index in [4.69, 9.17) is 5.26 Å². The molecule has 0 amide bonds. The number of ketones is 1. The summed E-state index contributed by atoms with van der Waals surface area (Å²) in [6.07, 6.45) is 4.77. The molecule has 1 aliphatic carbocycles. The summed E-state index contributed by atoms with van der Waals surface area (Å²) >= 11 is 0. The smallest absolute Gasteiger partial charge is 0.376 e. The first-order valence-electron chi connectivity index (χ1n) is 6.82. The highest BCUT2D eigenvalue weighted by molar-refractivity contribution is 5.92. The van der Waals surface area contributed by atoms with E-state index in [1.807, 2.05) is 0 Å². The third-order valence-corrected chi connectivity index (χ3v) is 3.82. The van der Waals surface area contributed by atoms with Gasteiger partial charge >= 0.3 is 5.97 Å². The maximum Gasteiger partial charge on any atom is 0.376 e. The molecular weight excluding hydrogens is 260 g/mol. The van der Waals surface area contributed by atoms with Gasteiger partial charge in [0, 0.05) is 12.8 Å². The van der Waals surface area contributed by atoms with Crippen molar-refractivity contribution in [1.29, 1.82) is 0 Å². The fraction of sp³-hybridized carbons (Fsp3) is 0.467. The molecule has 20 heavy (non-hydrogen) atoms. The number of Topliss-reactive ketones (excluding diaryl/α,β-unsaturated/α-hetero) is 1. The Bertz CT molecular complexity index is 509. The molecular formula is C15H18O5. The highest BCUT2D eigenvalue weighted by atomic mass is 17.1. The second-order valence-electron chi connectivity index (χ2n) is 5.18. The summed E-state index contributed by atoms with van der Waals surface area (Å²) < 4.78 is 0. The Morgan fingerprint density at radius 3 is 2.75 bits per heavy atom. The van der Waals surface area contributed by atoms with Crippen molar-refractivity contribution in [2.24, 2.45) is 0 Å². The molecule has 1 aromatic carbocycles. The molecule has 108 valence electrons. The Balaban J connectivity index is 2.22. The van der Waals surface area contributed by atoms with E-state index < -0.39 is 5.97 Å². The second kappa shape index (κ2) is 6.52. The van der Waals surface area contributed by atoms with E-state index in [9.17, 15) is 14.7 Å². The van der Waals surface area contributed by atoms with Crippen LogP contribution in [-0.2, 0) is 9.68 Å². The maximum atomic E-state index is 11.5. The van der Waals surface area contributed by atoms with Crippen molar-refractivity contribution in [1.82, 2.24) is 0 Å². The van der Waals surface area contributed by atoms with Gasteiger partial charge in [-0.3, -0.25) is 9.68 Å². The lowest BCUT2D eigenvalue weighted by Gasteiger charge is -2.20. The molecule has 0 spiro atoms. The van der Waals surface area contributed by atoms with Crippen LogP contribution in [0.5, 0.6) is 5.75 Å². The Kier molecular flexibility index (Phi) is 4.74. The highest BCUT2D eigenvalue weighted by Gasteiger charge is 2.20. The van der Waals surface area contributed by atoms with Crippen LogP contribution in [-0.4, -0.2) is 22.1 Å². The summed E-state index contributed by atoms with van der Waals surface area (Å²) in [6, 6.07) is 4.70. The zero-order chi connectivity index (χ0) is 14.5. The molecule has 0 aliphatic heterocycles. The molecule has 0 aromatic heterocycles. The van der Waals surface area contributed by atoms with E-state index in [0.29, 0.717) is 12.8 Å². The number of aromatic hydroxyl groups is 1. The fourth-order valence-electron chi connectivity index (χ4n) is 2.67. The van der Waals surface area contributed by atoms with Crippen molar-refractivity contribution < 1.29 is 24.8 Å². The predicted molar refractivity (Wildman–Crippen MR) is 71.6 cm³/mol. The second-order valence-corrected chi connectivity index (χ2v) is 5.18. The van der Waals surface area contributed by atoms with Gasteiger partial charge in [-0.15, -0.1) is 0 Å². The van der Waals surface area contributed by atoms with Crippen LogP contribution in [0.25, 0.3) is 0 Å². The number of hydrogen-bond acceptors (Lipinski definition) is 5. The zero-order valence-corrected chi connectivity index (χ0v) is 11.2. The van der Waals surface area contributed by atoms with Crippen molar-refractivity contribution in [3.63, 3.8) is 0 Å². The molecule has 5 heteroatoms. The van der Waals surface area contributed by atoms with Crippen LogP contribution in [0, 0.1) is 0 Å². The fourth-order valence-corrected chi connectivity index (χ4v) is 2.67. The van der Waals surface area contributed by atoms with Crippen molar-refractivity contribution in [2.45, 2.75) is 44.4 Å². The monoisotopic (exact) mass is 278 g/mol. The molecule has 2 rings (SSSR count). The molecule has 0 bridgehead atoms. The number of phenols is 1. The average molecular weight is 278 g/mol. The molecule has 5 nitrogen and oxygen atoms in total. The van der Waals surface area contributed by atoms with Crippen molar-refractivity contribution in [2.75, 3.05) is 0 Å². The Morgan fingerprint density at radius 2 is 2.00 bits per heavy atom. The van der Waals surface area contributed by atoms with E-state index in [1.54, 1.807) is 6.07 Å². The van der Waals surface area contributed by atoms with Crippen molar-refractivity contribution in [3.05, 3.63) is 29.3 Å². The van der Waals surface area contributed by atoms with Crippen LogP contribution in [0.3, 0.4) is 0 Å². The summed E-state index contributed by atoms with van der Waals surface area (Å²) in [5.74, 6) is -0.741. The minimum absolute atomic E-state index is 0.0571. The number of hydrogen-bond donors (Lipinski definition) is 2. The zero-order valence-electron chi connectivity index (χ0n) is 11.2. The minimum Gasteiger partial charge on any atom is -0.507 e. The van der Waals surface area contributed by atoms with Gasteiger partial charge in [0.1, 0.15) is 17.1 Å². The SMILES string of the molecule is O=C1CCCCC(c2ccc(O)c(C(=O)OO)c2)CC1. The Labute approximate surface area is 117 Å². The van der Waals surface area contributed by atoms with Gasteiger partial charge < -0.3 is 5.11 Å². The van der Waals surface area contributed by atoms with Crippen molar-refractivity contribution >= 4 is 11.8 Å². The van der Waals surface area contributed by atoms with Gasteiger partial charge in [0.25, 0.3) is 0 Å². The molecule has 1 saturated carbocycles.